The van der Waals surface area contributed by atoms with Crippen molar-refractivity contribution in [1.82, 2.24) is 10.4 Å². The van der Waals surface area contributed by atoms with Crippen molar-refractivity contribution in [2.24, 2.45) is 5.92 Å². The summed E-state index contributed by atoms with van der Waals surface area (Å²) in [4.78, 5) is 24.8. The number of rotatable bonds is 2. The van der Waals surface area contributed by atoms with Crippen LogP contribution in [-0.4, -0.2) is 42.8 Å². The Morgan fingerprint density at radius 3 is 2.68 bits per heavy atom. The van der Waals surface area contributed by atoms with Crippen molar-refractivity contribution < 1.29 is 14.7 Å². The average Bonchev–Trinajstić information content (AvgIpc) is 2.36. The molecule has 6 heteroatoms. The van der Waals surface area contributed by atoms with Gasteiger partial charge in [-0.05, 0) is 18.1 Å². The number of carbonyl (C=O) groups is 2. The number of amides is 2. The zero-order chi connectivity index (χ0) is 14.0. The van der Waals surface area contributed by atoms with E-state index in [9.17, 15) is 14.7 Å². The smallest absolute Gasteiger partial charge is 0.336 e. The number of carbonyl (C=O) groups excluding carboxylic acids is 1. The van der Waals surface area contributed by atoms with Crippen molar-refractivity contribution in [1.29, 1.82) is 0 Å². The van der Waals surface area contributed by atoms with Crippen LogP contribution in [0.15, 0.2) is 24.3 Å². The predicted molar refractivity (Wildman–Crippen MR) is 70.8 cm³/mol. The molecule has 0 spiro atoms. The van der Waals surface area contributed by atoms with Gasteiger partial charge >= 0.3 is 12.0 Å². The molecule has 0 saturated heterocycles. The second kappa shape index (κ2) is 5.27. The molecule has 19 heavy (non-hydrogen) atoms. The molecule has 1 aliphatic rings. The highest BCUT2D eigenvalue weighted by Gasteiger charge is 2.32. The summed E-state index contributed by atoms with van der Waals surface area (Å²) in [5.74, 6) is -1.44. The number of para-hydroxylation sites is 1. The fraction of sp³-hybridized carbons (Fsp3) is 0.385. The van der Waals surface area contributed by atoms with Crippen LogP contribution in [0.1, 0.15) is 5.56 Å². The lowest BCUT2D eigenvalue weighted by atomic mass is 9.93. The van der Waals surface area contributed by atoms with Gasteiger partial charge in [0.25, 0.3) is 0 Å². The molecule has 0 aromatic heterocycles. The third-order valence-electron chi connectivity index (χ3n) is 3.07. The molecule has 2 rings (SSSR count). The highest BCUT2D eigenvalue weighted by molar-refractivity contribution is 5.94. The van der Waals surface area contributed by atoms with E-state index < -0.39 is 11.9 Å². The third-order valence-corrected chi connectivity index (χ3v) is 3.07. The maximum absolute atomic E-state index is 12.1. The van der Waals surface area contributed by atoms with Gasteiger partial charge in [-0.25, -0.2) is 9.80 Å². The molecule has 1 heterocycles. The fourth-order valence-corrected chi connectivity index (χ4v) is 2.20. The molecule has 6 nitrogen and oxygen atoms in total. The van der Waals surface area contributed by atoms with E-state index in [-0.39, 0.29) is 12.6 Å². The van der Waals surface area contributed by atoms with E-state index in [2.05, 4.69) is 5.43 Å². The maximum Gasteiger partial charge on any atom is 0.336 e. The lowest BCUT2D eigenvalue weighted by molar-refractivity contribution is -0.141. The number of carboxylic acids is 1. The number of aliphatic carboxylic acids is 1. The van der Waals surface area contributed by atoms with Crippen molar-refractivity contribution >= 4 is 17.7 Å². The first-order valence-corrected chi connectivity index (χ1v) is 6.05. The second-order valence-electron chi connectivity index (χ2n) is 4.79. The molecule has 0 radical (unpaired) electrons. The number of fused-ring (bicyclic) bond motifs is 1. The van der Waals surface area contributed by atoms with E-state index >= 15 is 0 Å². The summed E-state index contributed by atoms with van der Waals surface area (Å²) in [6.45, 7) is 0.187. The zero-order valence-electron chi connectivity index (χ0n) is 11.0. The van der Waals surface area contributed by atoms with Crippen molar-refractivity contribution in [3.05, 3.63) is 29.8 Å². The summed E-state index contributed by atoms with van der Waals surface area (Å²) in [5.41, 5.74) is 4.30. The van der Waals surface area contributed by atoms with Crippen LogP contribution in [-0.2, 0) is 11.2 Å². The molecule has 0 aliphatic carbocycles. The van der Waals surface area contributed by atoms with E-state index in [4.69, 9.17) is 0 Å². The van der Waals surface area contributed by atoms with Crippen LogP contribution in [0.5, 0.6) is 0 Å². The summed E-state index contributed by atoms with van der Waals surface area (Å²) in [7, 11) is 3.42. The summed E-state index contributed by atoms with van der Waals surface area (Å²) in [6, 6.07) is 7.08. The SMILES string of the molecule is CN(C)NC(=O)N1CC(C(=O)O)Cc2ccccc21. The first-order chi connectivity index (χ1) is 8.99. The Balaban J connectivity index is 2.31. The van der Waals surface area contributed by atoms with Crippen LogP contribution >= 0.6 is 0 Å². The van der Waals surface area contributed by atoms with Crippen LogP contribution in [0.3, 0.4) is 0 Å². The molecule has 102 valence electrons. The normalized spacial score (nSPS) is 18.1. The summed E-state index contributed by atoms with van der Waals surface area (Å²) < 4.78 is 0. The monoisotopic (exact) mass is 263 g/mol. The Bertz CT molecular complexity index is 502. The van der Waals surface area contributed by atoms with E-state index in [1.54, 1.807) is 14.1 Å². The number of nitrogens with one attached hydrogen (secondary N) is 1. The Hall–Kier alpha value is -2.08. The number of nitrogens with zero attached hydrogens (tertiary/aromatic N) is 2. The van der Waals surface area contributed by atoms with Crippen LogP contribution in [0.2, 0.25) is 0 Å². The minimum absolute atomic E-state index is 0.187. The van der Waals surface area contributed by atoms with Crippen LogP contribution in [0.25, 0.3) is 0 Å². The minimum atomic E-state index is -0.878. The molecule has 0 bridgehead atoms. The fourth-order valence-electron chi connectivity index (χ4n) is 2.20. The average molecular weight is 263 g/mol. The van der Waals surface area contributed by atoms with Gasteiger partial charge < -0.3 is 5.11 Å². The second-order valence-corrected chi connectivity index (χ2v) is 4.79. The van der Waals surface area contributed by atoms with Crippen molar-refractivity contribution in [2.45, 2.75) is 6.42 Å². The molecule has 0 saturated carbocycles. The van der Waals surface area contributed by atoms with E-state index in [1.165, 1.54) is 9.91 Å². The van der Waals surface area contributed by atoms with Gasteiger partial charge in [0, 0.05) is 26.3 Å². The highest BCUT2D eigenvalue weighted by atomic mass is 16.4. The van der Waals surface area contributed by atoms with Crippen molar-refractivity contribution in [3.63, 3.8) is 0 Å². The van der Waals surface area contributed by atoms with Gasteiger partial charge in [-0.2, -0.15) is 0 Å². The molecule has 1 aromatic carbocycles. The number of hydrazine groups is 1. The van der Waals surface area contributed by atoms with Crippen LogP contribution in [0.4, 0.5) is 10.5 Å². The number of benzene rings is 1. The molecule has 1 atom stereocenters. The molecular weight excluding hydrogens is 246 g/mol. The molecule has 2 N–H and O–H groups in total. The van der Waals surface area contributed by atoms with Gasteiger partial charge in [0.1, 0.15) is 0 Å². The Morgan fingerprint density at radius 1 is 1.37 bits per heavy atom. The number of anilines is 1. The van der Waals surface area contributed by atoms with Crippen LogP contribution < -0.4 is 10.3 Å². The van der Waals surface area contributed by atoms with Gasteiger partial charge in [-0.15, -0.1) is 0 Å². The number of carboxylic acid groups (broad SMARTS) is 1. The molecular formula is C13H17N3O3. The first-order valence-electron chi connectivity index (χ1n) is 6.05. The molecule has 0 fully saturated rings. The lowest BCUT2D eigenvalue weighted by Gasteiger charge is -2.33. The van der Waals surface area contributed by atoms with E-state index in [0.29, 0.717) is 6.42 Å². The maximum atomic E-state index is 12.1. The Labute approximate surface area is 111 Å². The van der Waals surface area contributed by atoms with Gasteiger partial charge in [-0.3, -0.25) is 15.1 Å². The quantitative estimate of drug-likeness (QED) is 0.779. The molecule has 1 aliphatic heterocycles. The lowest BCUT2D eigenvalue weighted by Crippen LogP contribution is -2.50. The molecule has 1 aromatic rings. The van der Waals surface area contributed by atoms with Crippen molar-refractivity contribution in [2.75, 3.05) is 25.5 Å². The molecule has 1 unspecified atom stereocenters. The highest BCUT2D eigenvalue weighted by Crippen LogP contribution is 2.29. The number of urea groups is 1. The number of hydrogen-bond donors (Lipinski definition) is 2. The molecule has 2 amide bonds. The number of hydrogen-bond acceptors (Lipinski definition) is 3. The third kappa shape index (κ3) is 2.85. The predicted octanol–water partition coefficient (Wildman–Crippen LogP) is 0.936. The Kier molecular flexibility index (Phi) is 3.71. The first kappa shape index (κ1) is 13.4. The largest absolute Gasteiger partial charge is 0.481 e. The van der Waals surface area contributed by atoms with E-state index in [0.717, 1.165) is 11.3 Å². The van der Waals surface area contributed by atoms with Gasteiger partial charge in [0.05, 0.1) is 5.92 Å². The van der Waals surface area contributed by atoms with Crippen LogP contribution in [0, 0.1) is 5.92 Å². The Morgan fingerprint density at radius 2 is 2.05 bits per heavy atom. The summed E-state index contributed by atoms with van der Waals surface area (Å²) in [5, 5.41) is 10.7. The van der Waals surface area contributed by atoms with Gasteiger partial charge in [-0.1, -0.05) is 18.2 Å². The van der Waals surface area contributed by atoms with Gasteiger partial charge in [0.2, 0.25) is 0 Å². The van der Waals surface area contributed by atoms with E-state index in [1.807, 2.05) is 24.3 Å². The summed E-state index contributed by atoms with van der Waals surface area (Å²) >= 11 is 0. The van der Waals surface area contributed by atoms with Crippen molar-refractivity contribution in [3.8, 4) is 0 Å². The zero-order valence-corrected chi connectivity index (χ0v) is 11.0. The summed E-state index contributed by atoms with van der Waals surface area (Å²) in [6.07, 6.45) is 0.456. The minimum Gasteiger partial charge on any atom is -0.481 e. The van der Waals surface area contributed by atoms with Gasteiger partial charge in [0.15, 0.2) is 0 Å². The topological polar surface area (TPSA) is 72.9 Å². The standard InChI is InChI=1S/C13H17N3O3/c1-15(2)14-13(19)16-8-10(12(17)18)7-9-5-3-4-6-11(9)16/h3-6,10H,7-8H2,1-2H3,(H,14,19)(H,17,18).